The summed E-state index contributed by atoms with van der Waals surface area (Å²) in [5, 5.41) is 3.39. The van der Waals surface area contributed by atoms with Gasteiger partial charge in [-0.25, -0.2) is 0 Å². The van der Waals surface area contributed by atoms with Gasteiger partial charge < -0.3 is 10.1 Å². The fourth-order valence-electron chi connectivity index (χ4n) is 1.97. The van der Waals surface area contributed by atoms with E-state index in [1.807, 2.05) is 20.0 Å². The van der Waals surface area contributed by atoms with Crippen molar-refractivity contribution in [3.63, 3.8) is 0 Å². The lowest BCUT2D eigenvalue weighted by Crippen LogP contribution is -2.17. The number of benzene rings is 1. The number of rotatable bonds is 7. The molecule has 1 aromatic rings. The van der Waals surface area contributed by atoms with Crippen molar-refractivity contribution in [1.29, 1.82) is 0 Å². The molecule has 0 bridgehead atoms. The largest absolute Gasteiger partial charge is 0.494 e. The van der Waals surface area contributed by atoms with Crippen LogP contribution in [0, 0.1) is 5.92 Å². The molecule has 0 spiro atoms. The Bertz CT molecular complexity index is 322. The highest BCUT2D eigenvalue weighted by molar-refractivity contribution is 5.30. The topological polar surface area (TPSA) is 21.3 Å². The van der Waals surface area contributed by atoms with Gasteiger partial charge in [-0.3, -0.25) is 0 Å². The van der Waals surface area contributed by atoms with Gasteiger partial charge in [0.15, 0.2) is 0 Å². The first kappa shape index (κ1) is 14.0. The summed E-state index contributed by atoms with van der Waals surface area (Å²) in [5.74, 6) is 1.72. The van der Waals surface area contributed by atoms with Crippen LogP contribution in [0.4, 0.5) is 0 Å². The summed E-state index contributed by atoms with van der Waals surface area (Å²) in [7, 11) is 2.03. The SMILES string of the molecule is CCOc1cccc(C(CCC(C)C)NC)c1. The van der Waals surface area contributed by atoms with Crippen LogP contribution in [-0.4, -0.2) is 13.7 Å². The van der Waals surface area contributed by atoms with E-state index in [1.165, 1.54) is 18.4 Å². The van der Waals surface area contributed by atoms with Gasteiger partial charge in [-0.1, -0.05) is 26.0 Å². The maximum Gasteiger partial charge on any atom is 0.119 e. The third-order valence-corrected chi connectivity index (χ3v) is 2.95. The van der Waals surface area contributed by atoms with Crippen molar-refractivity contribution in [2.75, 3.05) is 13.7 Å². The average Bonchev–Trinajstić information content (AvgIpc) is 2.30. The molecular weight excluding hydrogens is 210 g/mol. The van der Waals surface area contributed by atoms with Crippen molar-refractivity contribution in [2.45, 2.75) is 39.7 Å². The van der Waals surface area contributed by atoms with Gasteiger partial charge in [-0.2, -0.15) is 0 Å². The zero-order valence-electron chi connectivity index (χ0n) is 11.5. The Balaban J connectivity index is 2.69. The Labute approximate surface area is 105 Å². The highest BCUT2D eigenvalue weighted by Crippen LogP contribution is 2.24. The van der Waals surface area contributed by atoms with Crippen LogP contribution in [0.5, 0.6) is 5.75 Å². The average molecular weight is 235 g/mol. The van der Waals surface area contributed by atoms with Crippen molar-refractivity contribution < 1.29 is 4.74 Å². The molecule has 0 radical (unpaired) electrons. The molecule has 1 unspecified atom stereocenters. The molecule has 1 aromatic carbocycles. The lowest BCUT2D eigenvalue weighted by Gasteiger charge is -2.18. The van der Waals surface area contributed by atoms with E-state index < -0.39 is 0 Å². The predicted octanol–water partition coefficient (Wildman–Crippen LogP) is 3.78. The molecule has 0 amide bonds. The van der Waals surface area contributed by atoms with E-state index in [2.05, 4.69) is 37.4 Å². The molecule has 96 valence electrons. The molecule has 0 fully saturated rings. The molecule has 2 heteroatoms. The number of hydrogen-bond donors (Lipinski definition) is 1. The molecule has 0 heterocycles. The molecule has 0 aromatic heterocycles. The number of hydrogen-bond acceptors (Lipinski definition) is 2. The Morgan fingerprint density at radius 3 is 2.59 bits per heavy atom. The highest BCUT2D eigenvalue weighted by atomic mass is 16.5. The predicted molar refractivity (Wildman–Crippen MR) is 73.5 cm³/mol. The lowest BCUT2D eigenvalue weighted by atomic mass is 9.97. The summed E-state index contributed by atoms with van der Waals surface area (Å²) in [5.41, 5.74) is 1.32. The van der Waals surface area contributed by atoms with Gasteiger partial charge in [0.2, 0.25) is 0 Å². The van der Waals surface area contributed by atoms with Crippen molar-refractivity contribution in [1.82, 2.24) is 5.32 Å². The Morgan fingerprint density at radius 1 is 1.24 bits per heavy atom. The second-order valence-electron chi connectivity index (χ2n) is 4.82. The van der Waals surface area contributed by atoms with Crippen molar-refractivity contribution in [3.8, 4) is 5.75 Å². The zero-order chi connectivity index (χ0) is 12.7. The van der Waals surface area contributed by atoms with Gasteiger partial charge in [-0.05, 0) is 50.4 Å². The first-order valence-electron chi connectivity index (χ1n) is 6.57. The van der Waals surface area contributed by atoms with Gasteiger partial charge >= 0.3 is 0 Å². The molecule has 1 rings (SSSR count). The summed E-state index contributed by atoms with van der Waals surface area (Å²) < 4.78 is 5.54. The van der Waals surface area contributed by atoms with Crippen LogP contribution in [0.15, 0.2) is 24.3 Å². The van der Waals surface area contributed by atoms with Crippen LogP contribution < -0.4 is 10.1 Å². The second kappa shape index (κ2) is 7.33. The van der Waals surface area contributed by atoms with E-state index in [1.54, 1.807) is 0 Å². The summed E-state index contributed by atoms with van der Waals surface area (Å²) in [6.07, 6.45) is 2.41. The zero-order valence-corrected chi connectivity index (χ0v) is 11.5. The number of ether oxygens (including phenoxy) is 1. The normalized spacial score (nSPS) is 12.8. The standard InChI is InChI=1S/C15H25NO/c1-5-17-14-8-6-7-13(11-14)15(16-4)10-9-12(2)3/h6-8,11-12,15-16H,5,9-10H2,1-4H3. The van der Waals surface area contributed by atoms with E-state index >= 15 is 0 Å². The van der Waals surface area contributed by atoms with Crippen LogP contribution in [0.1, 0.15) is 45.2 Å². The summed E-state index contributed by atoms with van der Waals surface area (Å²) in [6, 6.07) is 8.83. The van der Waals surface area contributed by atoms with Gasteiger partial charge in [0.1, 0.15) is 5.75 Å². The van der Waals surface area contributed by atoms with Gasteiger partial charge in [-0.15, -0.1) is 0 Å². The van der Waals surface area contributed by atoms with Gasteiger partial charge in [0.05, 0.1) is 6.61 Å². The van der Waals surface area contributed by atoms with Crippen LogP contribution >= 0.6 is 0 Å². The van der Waals surface area contributed by atoms with E-state index in [0.29, 0.717) is 6.04 Å². The Hall–Kier alpha value is -1.02. The third-order valence-electron chi connectivity index (χ3n) is 2.95. The molecule has 0 aliphatic carbocycles. The van der Waals surface area contributed by atoms with Gasteiger partial charge in [0, 0.05) is 6.04 Å². The monoisotopic (exact) mass is 235 g/mol. The smallest absolute Gasteiger partial charge is 0.119 e. The molecule has 0 saturated carbocycles. The molecule has 1 atom stereocenters. The minimum atomic E-state index is 0.429. The highest BCUT2D eigenvalue weighted by Gasteiger charge is 2.10. The quantitative estimate of drug-likeness (QED) is 0.776. The first-order valence-corrected chi connectivity index (χ1v) is 6.57. The maximum absolute atomic E-state index is 5.54. The lowest BCUT2D eigenvalue weighted by molar-refractivity contribution is 0.339. The summed E-state index contributed by atoms with van der Waals surface area (Å²) in [6.45, 7) is 7.27. The van der Waals surface area contributed by atoms with Crippen molar-refractivity contribution >= 4 is 0 Å². The van der Waals surface area contributed by atoms with Crippen molar-refractivity contribution in [2.24, 2.45) is 5.92 Å². The fourth-order valence-corrected chi connectivity index (χ4v) is 1.97. The molecular formula is C15H25NO. The molecule has 1 N–H and O–H groups in total. The maximum atomic E-state index is 5.54. The van der Waals surface area contributed by atoms with Crippen LogP contribution in [-0.2, 0) is 0 Å². The van der Waals surface area contributed by atoms with E-state index in [0.717, 1.165) is 18.3 Å². The van der Waals surface area contributed by atoms with Gasteiger partial charge in [0.25, 0.3) is 0 Å². The molecule has 0 aliphatic heterocycles. The van der Waals surface area contributed by atoms with E-state index in [4.69, 9.17) is 4.74 Å². The van der Waals surface area contributed by atoms with Crippen LogP contribution in [0.25, 0.3) is 0 Å². The number of nitrogens with one attached hydrogen (secondary N) is 1. The Kier molecular flexibility index (Phi) is 6.06. The summed E-state index contributed by atoms with van der Waals surface area (Å²) >= 11 is 0. The summed E-state index contributed by atoms with van der Waals surface area (Å²) in [4.78, 5) is 0. The first-order chi connectivity index (χ1) is 8.17. The second-order valence-corrected chi connectivity index (χ2v) is 4.82. The van der Waals surface area contributed by atoms with Crippen molar-refractivity contribution in [3.05, 3.63) is 29.8 Å². The van der Waals surface area contributed by atoms with E-state index in [-0.39, 0.29) is 0 Å². The third kappa shape index (κ3) is 4.78. The molecule has 0 aliphatic rings. The molecule has 17 heavy (non-hydrogen) atoms. The minimum absolute atomic E-state index is 0.429. The van der Waals surface area contributed by atoms with Crippen LogP contribution in [0.3, 0.4) is 0 Å². The Morgan fingerprint density at radius 2 is 2.00 bits per heavy atom. The molecule has 2 nitrogen and oxygen atoms in total. The fraction of sp³-hybridized carbons (Fsp3) is 0.600. The van der Waals surface area contributed by atoms with Crippen LogP contribution in [0.2, 0.25) is 0 Å². The molecule has 0 saturated heterocycles. The minimum Gasteiger partial charge on any atom is -0.494 e. The van der Waals surface area contributed by atoms with E-state index in [9.17, 15) is 0 Å².